The molecule has 6 heteroatoms. The fourth-order valence-electron chi connectivity index (χ4n) is 2.24. The normalized spacial score (nSPS) is 9.00. The van der Waals surface area contributed by atoms with E-state index in [1.807, 2.05) is 78.9 Å². The molecule has 0 atom stereocenters. The van der Waals surface area contributed by atoms with Crippen LogP contribution in [0.4, 0.5) is 5.69 Å². The van der Waals surface area contributed by atoms with Crippen LogP contribution in [0.3, 0.4) is 0 Å². The Morgan fingerprint density at radius 1 is 1.04 bits per heavy atom. The second-order valence-electron chi connectivity index (χ2n) is 5.40. The molecule has 0 aliphatic carbocycles. The highest BCUT2D eigenvalue weighted by molar-refractivity contribution is 5.76. The van der Waals surface area contributed by atoms with Crippen LogP contribution in [0.25, 0.3) is 11.0 Å². The van der Waals surface area contributed by atoms with Gasteiger partial charge in [-0.05, 0) is 56.2 Å². The fourth-order valence-corrected chi connectivity index (χ4v) is 2.24. The van der Waals surface area contributed by atoms with E-state index in [4.69, 9.17) is 4.74 Å². The van der Waals surface area contributed by atoms with Gasteiger partial charge < -0.3 is 10.1 Å². The molecule has 0 aliphatic rings. The summed E-state index contributed by atoms with van der Waals surface area (Å²) in [7, 11) is 1.90. The number of benzene rings is 2. The molecule has 3 rings (SSSR count). The Morgan fingerprint density at radius 3 is 2.25 bits per heavy atom. The van der Waals surface area contributed by atoms with Gasteiger partial charge >= 0.3 is 0 Å². The number of aromatic nitrogens is 3. The number of nitrogens with zero attached hydrogens (tertiary/aromatic N) is 3. The van der Waals surface area contributed by atoms with Crippen LogP contribution in [0.1, 0.15) is 45.7 Å². The third-order valence-electron chi connectivity index (χ3n) is 3.42. The molecule has 0 aliphatic heterocycles. The van der Waals surface area contributed by atoms with Crippen molar-refractivity contribution in [2.24, 2.45) is 7.05 Å². The Bertz CT molecular complexity index is 829. The van der Waals surface area contributed by atoms with Crippen LogP contribution in [-0.4, -0.2) is 28.0 Å². The van der Waals surface area contributed by atoms with Gasteiger partial charge in [-0.15, -0.1) is 5.10 Å². The zero-order valence-corrected chi connectivity index (χ0v) is 18.4. The van der Waals surface area contributed by atoms with Crippen LogP contribution in [0.15, 0.2) is 36.4 Å². The summed E-state index contributed by atoms with van der Waals surface area (Å²) in [5.74, 6) is 0.709. The summed E-state index contributed by atoms with van der Waals surface area (Å²) in [5.41, 5.74) is 5.09. The van der Waals surface area contributed by atoms with Crippen LogP contribution in [0.5, 0.6) is 5.75 Å². The van der Waals surface area contributed by atoms with E-state index in [2.05, 4.69) is 28.6 Å². The van der Waals surface area contributed by atoms with Crippen molar-refractivity contribution in [3.8, 4) is 5.75 Å². The van der Waals surface area contributed by atoms with Crippen LogP contribution < -0.4 is 10.1 Å². The van der Waals surface area contributed by atoms with Crippen LogP contribution in [0, 0.1) is 13.8 Å². The molecular formula is C22H34N4O2. The van der Waals surface area contributed by atoms with Crippen molar-refractivity contribution in [1.29, 1.82) is 0 Å². The topological polar surface area (TPSA) is 69.0 Å². The molecule has 0 fully saturated rings. The molecule has 1 N–H and O–H groups in total. The highest BCUT2D eigenvalue weighted by atomic mass is 16.5. The second kappa shape index (κ2) is 14.2. The smallest absolute Gasteiger partial charge is 0.211 e. The highest BCUT2D eigenvalue weighted by Crippen LogP contribution is 2.24. The largest absolute Gasteiger partial charge is 0.492 e. The Kier molecular flexibility index (Phi) is 12.7. The molecule has 2 aromatic carbocycles. The zero-order chi connectivity index (χ0) is 21.5. The summed E-state index contributed by atoms with van der Waals surface area (Å²) >= 11 is 0. The molecule has 1 heterocycles. The standard InChI is InChI=1S/C10H13NO2.C8H9N3.2C2H6/c1-3-13-10-5-4-8(2)6-9(10)11-7-12;1-6-3-4-7-8(5-6)11(2)10-9-7;2*1-2/h4-7H,3H2,1-2H3,(H,11,12);3-5H,1-2H3;2*1-2H3. The molecule has 3 aromatic rings. The number of carbonyl (C=O) groups excluding carboxylic acids is 1. The van der Waals surface area contributed by atoms with Crippen molar-refractivity contribution in [2.75, 3.05) is 11.9 Å². The summed E-state index contributed by atoms with van der Waals surface area (Å²) in [6, 6.07) is 11.8. The van der Waals surface area contributed by atoms with Crippen molar-refractivity contribution >= 4 is 23.1 Å². The maximum Gasteiger partial charge on any atom is 0.211 e. The van der Waals surface area contributed by atoms with Gasteiger partial charge in [0, 0.05) is 7.05 Å². The lowest BCUT2D eigenvalue weighted by molar-refractivity contribution is -0.105. The molecule has 28 heavy (non-hydrogen) atoms. The third-order valence-corrected chi connectivity index (χ3v) is 3.42. The Labute approximate surface area is 168 Å². The van der Waals surface area contributed by atoms with E-state index in [0.29, 0.717) is 18.8 Å². The van der Waals surface area contributed by atoms with Gasteiger partial charge in [-0.25, -0.2) is 4.68 Å². The minimum absolute atomic E-state index is 0.594. The number of nitrogens with one attached hydrogen (secondary N) is 1. The first-order valence-electron chi connectivity index (χ1n) is 9.74. The SMILES string of the molecule is CC.CC.CCOc1ccc(C)cc1NC=O.Cc1ccc2nnn(C)c2c1. The molecule has 0 bridgehead atoms. The van der Waals surface area contributed by atoms with Gasteiger partial charge in [-0.3, -0.25) is 4.79 Å². The van der Waals surface area contributed by atoms with Gasteiger partial charge in [-0.1, -0.05) is 45.0 Å². The van der Waals surface area contributed by atoms with Gasteiger partial charge in [-0.2, -0.15) is 0 Å². The number of hydrogen-bond acceptors (Lipinski definition) is 4. The molecule has 0 spiro atoms. The van der Waals surface area contributed by atoms with Crippen molar-refractivity contribution in [2.45, 2.75) is 48.5 Å². The number of amides is 1. The number of aryl methyl sites for hydroxylation is 3. The molecule has 0 unspecified atom stereocenters. The fraction of sp³-hybridized carbons (Fsp3) is 0.409. The van der Waals surface area contributed by atoms with Crippen molar-refractivity contribution in [1.82, 2.24) is 15.0 Å². The van der Waals surface area contributed by atoms with E-state index >= 15 is 0 Å². The minimum Gasteiger partial charge on any atom is -0.492 e. The number of rotatable bonds is 4. The van der Waals surface area contributed by atoms with Gasteiger partial charge in [0.25, 0.3) is 0 Å². The Morgan fingerprint density at radius 2 is 1.64 bits per heavy atom. The van der Waals surface area contributed by atoms with Crippen LogP contribution >= 0.6 is 0 Å². The Balaban J connectivity index is 0.000000445. The number of hydrogen-bond donors (Lipinski definition) is 1. The van der Waals surface area contributed by atoms with Crippen LogP contribution in [0.2, 0.25) is 0 Å². The van der Waals surface area contributed by atoms with E-state index < -0.39 is 0 Å². The summed E-state index contributed by atoms with van der Waals surface area (Å²) < 4.78 is 7.10. The van der Waals surface area contributed by atoms with Gasteiger partial charge in [0.05, 0.1) is 17.8 Å². The first-order valence-corrected chi connectivity index (χ1v) is 9.74. The van der Waals surface area contributed by atoms with E-state index in [1.165, 1.54) is 5.56 Å². The summed E-state index contributed by atoms with van der Waals surface area (Å²) in [6.45, 7) is 14.5. The van der Waals surface area contributed by atoms with Crippen molar-refractivity contribution in [3.63, 3.8) is 0 Å². The monoisotopic (exact) mass is 386 g/mol. The summed E-state index contributed by atoms with van der Waals surface area (Å²) in [5, 5.41) is 10.5. The minimum atomic E-state index is 0.594. The molecule has 1 aromatic heterocycles. The number of carbonyl (C=O) groups is 1. The molecule has 6 nitrogen and oxygen atoms in total. The van der Waals surface area contributed by atoms with E-state index in [1.54, 1.807) is 4.68 Å². The van der Waals surface area contributed by atoms with E-state index in [-0.39, 0.29) is 0 Å². The first kappa shape index (κ1) is 25.1. The molecule has 1 amide bonds. The molecule has 154 valence electrons. The average molecular weight is 387 g/mol. The lowest BCUT2D eigenvalue weighted by atomic mass is 10.2. The van der Waals surface area contributed by atoms with Gasteiger partial charge in [0.1, 0.15) is 11.3 Å². The lowest BCUT2D eigenvalue weighted by Crippen LogP contribution is -2.00. The number of ether oxygens (including phenoxy) is 1. The number of fused-ring (bicyclic) bond motifs is 1. The predicted molar refractivity (Wildman–Crippen MR) is 118 cm³/mol. The molecule has 0 radical (unpaired) electrons. The van der Waals surface area contributed by atoms with Gasteiger partial charge in [0.2, 0.25) is 6.41 Å². The lowest BCUT2D eigenvalue weighted by Gasteiger charge is -2.09. The van der Waals surface area contributed by atoms with E-state index in [0.717, 1.165) is 22.3 Å². The molecule has 0 saturated carbocycles. The summed E-state index contributed by atoms with van der Waals surface area (Å²) in [4.78, 5) is 10.3. The predicted octanol–water partition coefficient (Wildman–Crippen LogP) is 5.29. The molecular weight excluding hydrogens is 352 g/mol. The van der Waals surface area contributed by atoms with E-state index in [9.17, 15) is 4.79 Å². The number of anilines is 1. The first-order chi connectivity index (χ1) is 13.5. The highest BCUT2D eigenvalue weighted by Gasteiger charge is 2.01. The quantitative estimate of drug-likeness (QED) is 0.619. The summed E-state index contributed by atoms with van der Waals surface area (Å²) in [6.07, 6.45) is 0.650. The maximum atomic E-state index is 10.3. The maximum absolute atomic E-state index is 10.3. The second-order valence-corrected chi connectivity index (χ2v) is 5.40. The van der Waals surface area contributed by atoms with Gasteiger partial charge in [0.15, 0.2) is 0 Å². The molecule has 0 saturated heterocycles. The Hall–Kier alpha value is -2.89. The zero-order valence-electron chi connectivity index (χ0n) is 18.4. The third kappa shape index (κ3) is 7.78. The van der Waals surface area contributed by atoms with Crippen molar-refractivity contribution < 1.29 is 9.53 Å². The van der Waals surface area contributed by atoms with Crippen molar-refractivity contribution in [3.05, 3.63) is 47.5 Å². The average Bonchev–Trinajstić information content (AvgIpc) is 3.08. The van der Waals surface area contributed by atoms with Crippen LogP contribution in [-0.2, 0) is 11.8 Å².